The van der Waals surface area contributed by atoms with Crippen LogP contribution in [0.3, 0.4) is 0 Å². The molecule has 1 aliphatic rings. The molecule has 0 aliphatic carbocycles. The molecule has 0 fully saturated rings. The topological polar surface area (TPSA) is 88.4 Å². The number of methoxy groups -OCH3 is 2. The molecule has 0 saturated heterocycles. The minimum absolute atomic E-state index is 0.0613. The highest BCUT2D eigenvalue weighted by Gasteiger charge is 2.33. The second-order valence-electron chi connectivity index (χ2n) is 9.51. The summed E-state index contributed by atoms with van der Waals surface area (Å²) in [4.78, 5) is 32.0. The Balaban J connectivity index is 1.57. The molecule has 4 aromatic rings. The molecular formula is C32H28F2N2O6S. The summed E-state index contributed by atoms with van der Waals surface area (Å²) in [5.74, 6) is -1.04. The van der Waals surface area contributed by atoms with Crippen molar-refractivity contribution in [3.63, 3.8) is 0 Å². The summed E-state index contributed by atoms with van der Waals surface area (Å²) in [5, 5.41) is 0. The number of hydrogen-bond donors (Lipinski definition) is 0. The van der Waals surface area contributed by atoms with E-state index in [9.17, 15) is 18.4 Å². The predicted octanol–water partition coefficient (Wildman–Crippen LogP) is 4.67. The van der Waals surface area contributed by atoms with Gasteiger partial charge in [-0.15, -0.1) is 0 Å². The molecule has 0 spiro atoms. The van der Waals surface area contributed by atoms with Crippen molar-refractivity contribution in [3.05, 3.63) is 120 Å². The predicted molar refractivity (Wildman–Crippen MR) is 157 cm³/mol. The van der Waals surface area contributed by atoms with Crippen molar-refractivity contribution in [2.45, 2.75) is 26.5 Å². The van der Waals surface area contributed by atoms with E-state index in [1.54, 1.807) is 69.5 Å². The van der Waals surface area contributed by atoms with Gasteiger partial charge in [-0.05, 0) is 67.4 Å². The number of carbonyl (C=O) groups excluding carboxylic acids is 1. The van der Waals surface area contributed by atoms with Crippen molar-refractivity contribution in [1.29, 1.82) is 0 Å². The van der Waals surface area contributed by atoms with Gasteiger partial charge in [-0.1, -0.05) is 29.5 Å². The third kappa shape index (κ3) is 6.07. The van der Waals surface area contributed by atoms with Gasteiger partial charge in [0, 0.05) is 11.6 Å². The van der Waals surface area contributed by atoms with Crippen LogP contribution in [0.2, 0.25) is 0 Å². The quantitative estimate of drug-likeness (QED) is 0.258. The molecule has 3 aromatic carbocycles. The standard InChI is InChI=1S/C32H28F2N2O6S/c1-5-41-31(38)28-18(2)35-32-36(29(28)20-7-10-23(39-3)11-8-20)30(37)27(43-32)15-19-6-12-25(40-4)21(14-19)17-42-26-13-9-22(33)16-24(26)34/h6-16,29H,5,17H2,1-4H3. The third-order valence-electron chi connectivity index (χ3n) is 6.83. The Hall–Kier alpha value is -4.77. The molecule has 11 heteroatoms. The molecule has 2 heterocycles. The number of ether oxygens (including phenoxy) is 4. The van der Waals surface area contributed by atoms with Gasteiger partial charge in [0.05, 0.1) is 42.7 Å². The van der Waals surface area contributed by atoms with Crippen LogP contribution in [0.5, 0.6) is 17.2 Å². The van der Waals surface area contributed by atoms with E-state index in [1.807, 2.05) is 0 Å². The van der Waals surface area contributed by atoms with Crippen LogP contribution in [0.1, 0.15) is 36.6 Å². The van der Waals surface area contributed by atoms with E-state index in [0.29, 0.717) is 43.2 Å². The summed E-state index contributed by atoms with van der Waals surface area (Å²) < 4.78 is 51.0. The summed E-state index contributed by atoms with van der Waals surface area (Å²) in [5.41, 5.74) is 2.35. The molecule has 43 heavy (non-hydrogen) atoms. The Labute approximate surface area is 249 Å². The van der Waals surface area contributed by atoms with Crippen LogP contribution >= 0.6 is 11.3 Å². The fourth-order valence-electron chi connectivity index (χ4n) is 4.79. The number of hydrogen-bond acceptors (Lipinski definition) is 8. The second-order valence-corrected chi connectivity index (χ2v) is 10.5. The van der Waals surface area contributed by atoms with E-state index >= 15 is 0 Å². The normalized spacial score (nSPS) is 14.7. The molecule has 0 radical (unpaired) electrons. The number of fused-ring (bicyclic) bond motifs is 1. The average Bonchev–Trinajstić information content (AvgIpc) is 3.30. The minimum Gasteiger partial charge on any atom is -0.497 e. The van der Waals surface area contributed by atoms with Crippen molar-refractivity contribution >= 4 is 23.4 Å². The summed E-state index contributed by atoms with van der Waals surface area (Å²) >= 11 is 1.19. The highest BCUT2D eigenvalue weighted by atomic mass is 32.1. The van der Waals surface area contributed by atoms with Crippen LogP contribution in [0.4, 0.5) is 8.78 Å². The van der Waals surface area contributed by atoms with Gasteiger partial charge in [0.1, 0.15) is 23.9 Å². The molecule has 0 bridgehead atoms. The van der Waals surface area contributed by atoms with Gasteiger partial charge < -0.3 is 18.9 Å². The molecule has 1 atom stereocenters. The first-order valence-electron chi connectivity index (χ1n) is 13.3. The molecule has 1 aliphatic heterocycles. The van der Waals surface area contributed by atoms with Crippen LogP contribution in [-0.2, 0) is 16.1 Å². The van der Waals surface area contributed by atoms with Crippen molar-refractivity contribution in [3.8, 4) is 17.2 Å². The lowest BCUT2D eigenvalue weighted by Crippen LogP contribution is -2.39. The molecule has 1 aromatic heterocycles. The molecule has 0 N–H and O–H groups in total. The summed E-state index contributed by atoms with van der Waals surface area (Å²) in [6.45, 7) is 3.55. The van der Waals surface area contributed by atoms with Crippen molar-refractivity contribution in [1.82, 2.24) is 4.57 Å². The molecule has 0 amide bonds. The third-order valence-corrected chi connectivity index (χ3v) is 7.81. The van der Waals surface area contributed by atoms with E-state index < -0.39 is 23.6 Å². The first-order valence-corrected chi connectivity index (χ1v) is 14.1. The number of carbonyl (C=O) groups is 1. The molecular weight excluding hydrogens is 578 g/mol. The monoisotopic (exact) mass is 606 g/mol. The fraction of sp³-hybridized carbons (Fsp3) is 0.219. The number of thiazole rings is 1. The highest BCUT2D eigenvalue weighted by molar-refractivity contribution is 7.07. The zero-order valence-corrected chi connectivity index (χ0v) is 24.7. The first kappa shape index (κ1) is 29.7. The maximum Gasteiger partial charge on any atom is 0.338 e. The number of halogens is 2. The lowest BCUT2D eigenvalue weighted by molar-refractivity contribution is -0.139. The number of aromatic nitrogens is 1. The summed E-state index contributed by atoms with van der Waals surface area (Å²) in [7, 11) is 3.06. The number of rotatable bonds is 9. The second kappa shape index (κ2) is 12.6. The average molecular weight is 607 g/mol. The van der Waals surface area contributed by atoms with E-state index in [-0.39, 0.29) is 30.1 Å². The number of allylic oxidation sites excluding steroid dienone is 1. The Morgan fingerprint density at radius 2 is 1.77 bits per heavy atom. The van der Waals surface area contributed by atoms with Crippen LogP contribution < -0.4 is 29.1 Å². The maximum absolute atomic E-state index is 14.1. The van der Waals surface area contributed by atoms with Gasteiger partial charge in [-0.25, -0.2) is 18.6 Å². The van der Waals surface area contributed by atoms with E-state index in [2.05, 4.69) is 4.99 Å². The smallest absolute Gasteiger partial charge is 0.338 e. The molecule has 222 valence electrons. The lowest BCUT2D eigenvalue weighted by atomic mass is 9.96. The van der Waals surface area contributed by atoms with Gasteiger partial charge in [0.2, 0.25) is 0 Å². The molecule has 8 nitrogen and oxygen atoms in total. The Morgan fingerprint density at radius 3 is 2.44 bits per heavy atom. The SMILES string of the molecule is CCOC(=O)C1=C(C)N=c2sc(=Cc3ccc(OC)c(COc4ccc(F)cc4F)c3)c(=O)n2C1c1ccc(OC)cc1. The minimum atomic E-state index is -0.819. The number of nitrogens with zero attached hydrogens (tertiary/aromatic N) is 2. The van der Waals surface area contributed by atoms with Crippen molar-refractivity contribution in [2.24, 2.45) is 4.99 Å². The van der Waals surface area contributed by atoms with Gasteiger partial charge in [-0.2, -0.15) is 0 Å². The summed E-state index contributed by atoms with van der Waals surface area (Å²) in [6, 6.07) is 14.7. The van der Waals surface area contributed by atoms with Crippen LogP contribution in [0.25, 0.3) is 6.08 Å². The van der Waals surface area contributed by atoms with Crippen molar-refractivity contribution in [2.75, 3.05) is 20.8 Å². The van der Waals surface area contributed by atoms with Crippen LogP contribution in [0.15, 0.2) is 81.7 Å². The largest absolute Gasteiger partial charge is 0.497 e. The Bertz CT molecular complexity index is 1900. The maximum atomic E-state index is 14.1. The van der Waals surface area contributed by atoms with E-state index in [4.69, 9.17) is 18.9 Å². The van der Waals surface area contributed by atoms with Gasteiger partial charge in [-0.3, -0.25) is 9.36 Å². The van der Waals surface area contributed by atoms with E-state index in [1.165, 1.54) is 29.1 Å². The first-order chi connectivity index (χ1) is 20.7. The Morgan fingerprint density at radius 1 is 1.02 bits per heavy atom. The molecule has 5 rings (SSSR count). The fourth-order valence-corrected chi connectivity index (χ4v) is 5.84. The highest BCUT2D eigenvalue weighted by Crippen LogP contribution is 2.32. The lowest BCUT2D eigenvalue weighted by Gasteiger charge is -2.24. The summed E-state index contributed by atoms with van der Waals surface area (Å²) in [6.07, 6.45) is 1.71. The Kier molecular flexibility index (Phi) is 8.72. The van der Waals surface area contributed by atoms with Gasteiger partial charge in [0.15, 0.2) is 16.4 Å². The van der Waals surface area contributed by atoms with Gasteiger partial charge in [0.25, 0.3) is 5.56 Å². The van der Waals surface area contributed by atoms with E-state index in [0.717, 1.165) is 12.1 Å². The number of esters is 1. The number of benzene rings is 3. The van der Waals surface area contributed by atoms with Gasteiger partial charge >= 0.3 is 5.97 Å². The molecule has 0 saturated carbocycles. The van der Waals surface area contributed by atoms with Crippen molar-refractivity contribution < 1.29 is 32.5 Å². The molecule has 1 unspecified atom stereocenters. The zero-order chi connectivity index (χ0) is 30.7. The zero-order valence-electron chi connectivity index (χ0n) is 23.9. The van der Waals surface area contributed by atoms with Crippen LogP contribution in [0, 0.1) is 11.6 Å². The van der Waals surface area contributed by atoms with Crippen LogP contribution in [-0.4, -0.2) is 31.4 Å².